The molecule has 1 aromatic carbocycles. The number of sulfone groups is 1. The molecule has 3 nitrogen and oxygen atoms in total. The molecule has 0 radical (unpaired) electrons. The summed E-state index contributed by atoms with van der Waals surface area (Å²) in [5.74, 6) is 0. The standard InChI is InChI=1S/C7H6F3N.C2H6O2S/c8-7(9,10)5-1-3-6(11)4-2-5;1-5(2,3)4/h1-4H,11H2;1-2H3. The highest BCUT2D eigenvalue weighted by atomic mass is 32.2. The number of benzene rings is 1. The van der Waals surface area contributed by atoms with Gasteiger partial charge in [-0.3, -0.25) is 0 Å². The fourth-order valence-electron chi connectivity index (χ4n) is 0.672. The van der Waals surface area contributed by atoms with Crippen LogP contribution >= 0.6 is 0 Å². The van der Waals surface area contributed by atoms with Crippen molar-refractivity contribution in [1.29, 1.82) is 0 Å². The molecule has 0 amide bonds. The largest absolute Gasteiger partial charge is 0.416 e. The number of hydrogen-bond donors (Lipinski definition) is 1. The van der Waals surface area contributed by atoms with Crippen molar-refractivity contribution in [2.75, 3.05) is 18.2 Å². The molecular weight excluding hydrogens is 243 g/mol. The van der Waals surface area contributed by atoms with E-state index in [0.717, 1.165) is 24.6 Å². The maximum atomic E-state index is 11.9. The van der Waals surface area contributed by atoms with E-state index >= 15 is 0 Å². The lowest BCUT2D eigenvalue weighted by Crippen LogP contribution is -2.04. The van der Waals surface area contributed by atoms with Crippen molar-refractivity contribution in [2.45, 2.75) is 6.18 Å². The smallest absolute Gasteiger partial charge is 0.399 e. The minimum Gasteiger partial charge on any atom is -0.399 e. The fraction of sp³-hybridized carbons (Fsp3) is 0.333. The Kier molecular flexibility index (Phi) is 4.80. The third-order valence-corrected chi connectivity index (χ3v) is 1.24. The first-order valence-corrected chi connectivity index (χ1v) is 6.38. The van der Waals surface area contributed by atoms with Crippen molar-refractivity contribution in [1.82, 2.24) is 0 Å². The zero-order valence-corrected chi connectivity index (χ0v) is 9.56. The van der Waals surface area contributed by atoms with E-state index < -0.39 is 21.6 Å². The number of anilines is 1. The Balaban J connectivity index is 0.000000385. The van der Waals surface area contributed by atoms with Gasteiger partial charge in [0.2, 0.25) is 0 Å². The molecule has 0 bridgehead atoms. The van der Waals surface area contributed by atoms with Gasteiger partial charge >= 0.3 is 6.18 Å². The molecule has 0 atom stereocenters. The zero-order valence-electron chi connectivity index (χ0n) is 8.75. The van der Waals surface area contributed by atoms with Crippen LogP contribution in [0.15, 0.2) is 24.3 Å². The molecule has 0 heterocycles. The lowest BCUT2D eigenvalue weighted by Gasteiger charge is -2.05. The third kappa shape index (κ3) is 8.10. The van der Waals surface area contributed by atoms with E-state index in [0.29, 0.717) is 5.69 Å². The average molecular weight is 255 g/mol. The summed E-state index contributed by atoms with van der Waals surface area (Å²) in [6, 6.07) is 4.36. The monoisotopic (exact) mass is 255 g/mol. The van der Waals surface area contributed by atoms with Gasteiger partial charge in [-0.2, -0.15) is 13.2 Å². The van der Waals surface area contributed by atoms with Gasteiger partial charge in [0, 0.05) is 18.2 Å². The van der Waals surface area contributed by atoms with Gasteiger partial charge in [0.15, 0.2) is 0 Å². The first kappa shape index (κ1) is 14.8. The van der Waals surface area contributed by atoms with Crippen molar-refractivity contribution in [3.63, 3.8) is 0 Å². The van der Waals surface area contributed by atoms with E-state index in [1.807, 2.05) is 0 Å². The van der Waals surface area contributed by atoms with Crippen LogP contribution in [0.25, 0.3) is 0 Å². The number of hydrogen-bond acceptors (Lipinski definition) is 3. The summed E-state index contributed by atoms with van der Waals surface area (Å²) in [6.45, 7) is 0. The van der Waals surface area contributed by atoms with E-state index in [9.17, 15) is 21.6 Å². The molecule has 1 aromatic rings. The molecule has 0 aliphatic heterocycles. The van der Waals surface area contributed by atoms with Crippen molar-refractivity contribution in [3.8, 4) is 0 Å². The Morgan fingerprint density at radius 2 is 1.38 bits per heavy atom. The predicted octanol–water partition coefficient (Wildman–Crippen LogP) is 1.95. The van der Waals surface area contributed by atoms with Crippen molar-refractivity contribution in [3.05, 3.63) is 29.8 Å². The molecule has 0 aromatic heterocycles. The van der Waals surface area contributed by atoms with Crippen LogP contribution < -0.4 is 5.73 Å². The third-order valence-electron chi connectivity index (χ3n) is 1.24. The van der Waals surface area contributed by atoms with Crippen LogP contribution in [0.4, 0.5) is 18.9 Å². The number of alkyl halides is 3. The summed E-state index contributed by atoms with van der Waals surface area (Å²) in [5.41, 5.74) is 4.86. The van der Waals surface area contributed by atoms with Crippen molar-refractivity contribution < 1.29 is 21.6 Å². The van der Waals surface area contributed by atoms with Crippen LogP contribution in [0.1, 0.15) is 5.56 Å². The predicted molar refractivity (Wildman–Crippen MR) is 56.6 cm³/mol. The first-order chi connectivity index (χ1) is 7.00. The molecule has 0 fully saturated rings. The van der Waals surface area contributed by atoms with Crippen LogP contribution in [0.5, 0.6) is 0 Å². The van der Waals surface area contributed by atoms with Crippen LogP contribution in [0, 0.1) is 0 Å². The van der Waals surface area contributed by atoms with E-state index in [1.54, 1.807) is 0 Å². The lowest BCUT2D eigenvalue weighted by atomic mass is 10.2. The number of nitrogen functional groups attached to an aromatic ring is 1. The molecule has 7 heteroatoms. The summed E-state index contributed by atoms with van der Waals surface area (Å²) in [7, 11) is -2.67. The van der Waals surface area contributed by atoms with Gasteiger partial charge < -0.3 is 5.73 Å². The highest BCUT2D eigenvalue weighted by molar-refractivity contribution is 7.89. The normalized spacial score (nSPS) is 11.6. The van der Waals surface area contributed by atoms with E-state index in [1.165, 1.54) is 12.1 Å². The number of rotatable bonds is 0. The Bertz CT molecular complexity index is 415. The van der Waals surface area contributed by atoms with Crippen LogP contribution in [0.3, 0.4) is 0 Å². The summed E-state index contributed by atoms with van der Waals surface area (Å²) < 4.78 is 54.9. The van der Waals surface area contributed by atoms with Gasteiger partial charge in [0.25, 0.3) is 0 Å². The van der Waals surface area contributed by atoms with Gasteiger partial charge in [0.05, 0.1) is 5.56 Å². The Labute approximate surface area is 92.0 Å². The summed E-state index contributed by atoms with van der Waals surface area (Å²) >= 11 is 0. The maximum Gasteiger partial charge on any atom is 0.416 e. The number of halogens is 3. The fourth-order valence-corrected chi connectivity index (χ4v) is 0.672. The second-order valence-electron chi connectivity index (χ2n) is 3.26. The molecule has 16 heavy (non-hydrogen) atoms. The minimum atomic E-state index is -4.27. The average Bonchev–Trinajstić information content (AvgIpc) is 1.99. The van der Waals surface area contributed by atoms with Gasteiger partial charge in [-0.1, -0.05) is 0 Å². The topological polar surface area (TPSA) is 60.2 Å². The van der Waals surface area contributed by atoms with Crippen molar-refractivity contribution in [2.24, 2.45) is 0 Å². The highest BCUT2D eigenvalue weighted by Gasteiger charge is 2.29. The van der Waals surface area contributed by atoms with E-state index in [-0.39, 0.29) is 0 Å². The number of nitrogens with two attached hydrogens (primary N) is 1. The molecule has 0 aliphatic rings. The molecule has 92 valence electrons. The molecule has 0 aliphatic carbocycles. The van der Waals surface area contributed by atoms with Crippen LogP contribution in [-0.4, -0.2) is 20.9 Å². The SMILES string of the molecule is CS(C)(=O)=O.Nc1ccc(C(F)(F)F)cc1. The molecular formula is C9H12F3NO2S. The van der Waals surface area contributed by atoms with Crippen LogP contribution in [0.2, 0.25) is 0 Å². The molecule has 2 N–H and O–H groups in total. The molecule has 1 rings (SSSR count). The second-order valence-corrected chi connectivity index (χ2v) is 5.55. The maximum absolute atomic E-state index is 11.9. The Morgan fingerprint density at radius 3 is 1.62 bits per heavy atom. The highest BCUT2D eigenvalue weighted by Crippen LogP contribution is 2.29. The van der Waals surface area contributed by atoms with Gasteiger partial charge in [-0.05, 0) is 24.3 Å². The zero-order chi connectivity index (χ0) is 13.0. The quantitative estimate of drug-likeness (QED) is 0.721. The van der Waals surface area contributed by atoms with E-state index in [2.05, 4.69) is 0 Å². The first-order valence-electron chi connectivity index (χ1n) is 4.08. The Hall–Kier alpha value is -1.24. The van der Waals surface area contributed by atoms with Crippen LogP contribution in [-0.2, 0) is 16.0 Å². The summed E-state index contributed by atoms with van der Waals surface area (Å²) in [4.78, 5) is 0. The summed E-state index contributed by atoms with van der Waals surface area (Å²) in [6.07, 6.45) is -1.95. The van der Waals surface area contributed by atoms with Crippen molar-refractivity contribution >= 4 is 15.5 Å². The van der Waals surface area contributed by atoms with Gasteiger partial charge in [-0.15, -0.1) is 0 Å². The Morgan fingerprint density at radius 1 is 1.06 bits per heavy atom. The lowest BCUT2D eigenvalue weighted by molar-refractivity contribution is -0.137. The second kappa shape index (κ2) is 5.20. The molecule has 0 saturated carbocycles. The van der Waals surface area contributed by atoms with E-state index in [4.69, 9.17) is 5.73 Å². The summed E-state index contributed by atoms with van der Waals surface area (Å²) in [5, 5.41) is 0. The van der Waals surface area contributed by atoms with Gasteiger partial charge in [0.1, 0.15) is 9.84 Å². The molecule has 0 saturated heterocycles. The molecule has 0 unspecified atom stereocenters. The van der Waals surface area contributed by atoms with Gasteiger partial charge in [-0.25, -0.2) is 8.42 Å². The molecule has 0 spiro atoms. The minimum absolute atomic E-state index is 0.331.